The van der Waals surface area contributed by atoms with Gasteiger partial charge >= 0.3 is 6.18 Å². The number of nitrogens with one attached hydrogen (secondary N) is 1. The van der Waals surface area contributed by atoms with E-state index in [4.69, 9.17) is 9.84 Å². The average Bonchev–Trinajstić information content (AvgIpc) is 3.49. The average molecular weight is 531 g/mol. The molecule has 0 spiro atoms. The van der Waals surface area contributed by atoms with E-state index in [0.717, 1.165) is 65.8 Å². The van der Waals surface area contributed by atoms with E-state index in [9.17, 15) is 18.0 Å². The summed E-state index contributed by atoms with van der Waals surface area (Å²) in [7, 11) is 0. The predicted octanol–water partition coefficient (Wildman–Crippen LogP) is 5.19. The lowest BCUT2D eigenvalue weighted by Crippen LogP contribution is -2.27. The fourth-order valence-corrected chi connectivity index (χ4v) is 5.11. The van der Waals surface area contributed by atoms with Crippen molar-refractivity contribution in [2.45, 2.75) is 45.5 Å². The molecule has 0 saturated carbocycles. The summed E-state index contributed by atoms with van der Waals surface area (Å²) in [6, 6.07) is 2.90. The lowest BCUT2D eigenvalue weighted by Gasteiger charge is -2.21. The molecule has 0 unspecified atom stereocenters. The molecule has 1 amide bonds. The van der Waals surface area contributed by atoms with Gasteiger partial charge in [-0.25, -0.2) is 15.0 Å². The Morgan fingerprint density at radius 1 is 1.19 bits per heavy atom. The predicted molar refractivity (Wildman–Crippen MR) is 132 cm³/mol. The summed E-state index contributed by atoms with van der Waals surface area (Å²) < 4.78 is 45.7. The Balaban J connectivity index is 1.43. The topological polar surface area (TPSA) is 94.8 Å². The van der Waals surface area contributed by atoms with Crippen molar-refractivity contribution in [3.05, 3.63) is 58.7 Å². The van der Waals surface area contributed by atoms with Crippen LogP contribution in [0.3, 0.4) is 0 Å². The smallest absolute Gasteiger partial charge is 0.381 e. The maximum atomic E-state index is 13.2. The van der Waals surface area contributed by atoms with Crippen molar-refractivity contribution in [3.63, 3.8) is 0 Å². The Morgan fingerprint density at radius 2 is 1.92 bits per heavy atom. The third-order valence-corrected chi connectivity index (χ3v) is 7.29. The largest absolute Gasteiger partial charge is 0.451 e. The molecule has 1 N–H and O–H groups in total. The van der Waals surface area contributed by atoms with Gasteiger partial charge in [0.2, 0.25) is 5.82 Å². The summed E-state index contributed by atoms with van der Waals surface area (Å²) in [5, 5.41) is 9.27. The van der Waals surface area contributed by atoms with Crippen LogP contribution in [0.1, 0.15) is 52.4 Å². The number of thiazole rings is 1. The van der Waals surface area contributed by atoms with Crippen LogP contribution >= 0.6 is 11.3 Å². The molecule has 8 nitrogen and oxygen atoms in total. The Morgan fingerprint density at radius 3 is 2.57 bits per heavy atom. The van der Waals surface area contributed by atoms with Crippen molar-refractivity contribution in [2.75, 3.05) is 13.2 Å². The number of ether oxygens (including phenoxy) is 1. The Hall–Kier alpha value is -3.38. The van der Waals surface area contributed by atoms with Gasteiger partial charge in [0.15, 0.2) is 0 Å². The maximum absolute atomic E-state index is 13.2. The maximum Gasteiger partial charge on any atom is 0.451 e. The van der Waals surface area contributed by atoms with Crippen molar-refractivity contribution < 1.29 is 22.7 Å². The Kier molecular flexibility index (Phi) is 6.95. The fourth-order valence-electron chi connectivity index (χ4n) is 4.32. The molecule has 37 heavy (non-hydrogen) atoms. The van der Waals surface area contributed by atoms with E-state index in [1.54, 1.807) is 25.3 Å². The highest BCUT2D eigenvalue weighted by Gasteiger charge is 2.34. The molecule has 1 aliphatic heterocycles. The minimum absolute atomic E-state index is 0.360. The molecule has 3 aromatic heterocycles. The molecule has 1 aromatic carbocycles. The van der Waals surface area contributed by atoms with Crippen LogP contribution in [0, 0.1) is 12.8 Å². The minimum Gasteiger partial charge on any atom is -0.381 e. The second-order valence-electron chi connectivity index (χ2n) is 9.17. The van der Waals surface area contributed by atoms with E-state index in [1.165, 1.54) is 11.3 Å². The van der Waals surface area contributed by atoms with Crippen LogP contribution < -0.4 is 5.32 Å². The molecule has 194 valence electrons. The molecule has 1 atom stereocenters. The number of nitrogens with zero attached hydrogens (tertiary/aromatic N) is 5. The molecule has 0 radical (unpaired) electrons. The van der Waals surface area contributed by atoms with Crippen LogP contribution in [-0.2, 0) is 17.5 Å². The molecule has 5 rings (SSSR count). The van der Waals surface area contributed by atoms with Crippen LogP contribution in [0.4, 0.5) is 13.2 Å². The molecule has 4 heterocycles. The van der Waals surface area contributed by atoms with Gasteiger partial charge in [0.25, 0.3) is 5.91 Å². The van der Waals surface area contributed by atoms with E-state index in [1.807, 2.05) is 17.8 Å². The molecular weight excluding hydrogens is 505 g/mol. The zero-order valence-electron chi connectivity index (χ0n) is 20.2. The van der Waals surface area contributed by atoms with Crippen molar-refractivity contribution in [2.24, 2.45) is 5.92 Å². The fraction of sp³-hybridized carbons (Fsp3) is 0.400. The number of benzene rings is 1. The van der Waals surface area contributed by atoms with Crippen molar-refractivity contribution >= 4 is 28.1 Å². The monoisotopic (exact) mass is 530 g/mol. The Bertz CT molecular complexity index is 1410. The van der Waals surface area contributed by atoms with Gasteiger partial charge in [-0.2, -0.15) is 18.3 Å². The van der Waals surface area contributed by atoms with E-state index in [0.29, 0.717) is 22.6 Å². The van der Waals surface area contributed by atoms with Crippen LogP contribution in [0.5, 0.6) is 0 Å². The van der Waals surface area contributed by atoms with Gasteiger partial charge in [0.05, 0.1) is 11.6 Å². The standard InChI is InChI=1S/C25H25F3N6O2S/c1-14-9-29-23(37-14)19-7-17(8-21-20(19)13-34(33-21)12-16-3-5-36-6-4-16)22(35)32-15(2)18-10-30-24(31-11-18)25(26,27)28/h7-11,13,15-16H,3-6,12H2,1-2H3,(H,32,35)/t15-/m1/s1. The first kappa shape index (κ1) is 25.3. The number of amides is 1. The summed E-state index contributed by atoms with van der Waals surface area (Å²) in [6.07, 6.45) is 3.27. The number of hydrogen-bond acceptors (Lipinski definition) is 7. The van der Waals surface area contributed by atoms with E-state index < -0.39 is 18.0 Å². The van der Waals surface area contributed by atoms with Crippen LogP contribution in [0.25, 0.3) is 21.5 Å². The van der Waals surface area contributed by atoms with Crippen molar-refractivity contribution in [1.29, 1.82) is 0 Å². The van der Waals surface area contributed by atoms with Gasteiger partial charge in [-0.05, 0) is 44.7 Å². The highest BCUT2D eigenvalue weighted by Crippen LogP contribution is 2.33. The molecule has 0 aliphatic carbocycles. The number of fused-ring (bicyclic) bond motifs is 1. The van der Waals surface area contributed by atoms with E-state index in [2.05, 4.69) is 20.3 Å². The van der Waals surface area contributed by atoms with Crippen LogP contribution in [0.2, 0.25) is 0 Å². The zero-order chi connectivity index (χ0) is 26.2. The number of halogens is 3. The molecule has 12 heteroatoms. The summed E-state index contributed by atoms with van der Waals surface area (Å²) in [4.78, 5) is 25.5. The Labute approximate surface area is 214 Å². The number of rotatable bonds is 6. The van der Waals surface area contributed by atoms with E-state index >= 15 is 0 Å². The van der Waals surface area contributed by atoms with Gasteiger partial charge in [-0.1, -0.05) is 0 Å². The first-order valence-corrected chi connectivity index (χ1v) is 12.7. The van der Waals surface area contributed by atoms with Crippen molar-refractivity contribution in [1.82, 2.24) is 30.0 Å². The first-order valence-electron chi connectivity index (χ1n) is 11.9. The lowest BCUT2D eigenvalue weighted by molar-refractivity contribution is -0.145. The third kappa shape index (κ3) is 5.64. The van der Waals surface area contributed by atoms with Crippen LogP contribution in [0.15, 0.2) is 36.9 Å². The molecule has 1 fully saturated rings. The quantitative estimate of drug-likeness (QED) is 0.369. The number of aromatic nitrogens is 5. The van der Waals surface area contributed by atoms with Gasteiger partial charge in [-0.15, -0.1) is 11.3 Å². The summed E-state index contributed by atoms with van der Waals surface area (Å²) in [5.41, 5.74) is 2.22. The van der Waals surface area contributed by atoms with Gasteiger partial charge in [-0.3, -0.25) is 9.48 Å². The second kappa shape index (κ2) is 10.2. The molecule has 4 aromatic rings. The summed E-state index contributed by atoms with van der Waals surface area (Å²) in [5.74, 6) is -1.13. The van der Waals surface area contributed by atoms with Crippen molar-refractivity contribution in [3.8, 4) is 10.6 Å². The van der Waals surface area contributed by atoms with Crippen LogP contribution in [-0.4, -0.2) is 43.9 Å². The number of carbonyl (C=O) groups excluding carboxylic acids is 1. The van der Waals surface area contributed by atoms with Gasteiger partial charge < -0.3 is 10.1 Å². The van der Waals surface area contributed by atoms with Gasteiger partial charge in [0, 0.05) is 71.5 Å². The highest BCUT2D eigenvalue weighted by atomic mass is 32.1. The summed E-state index contributed by atoms with van der Waals surface area (Å²) >= 11 is 1.53. The lowest BCUT2D eigenvalue weighted by atomic mass is 10.0. The number of aryl methyl sites for hydroxylation is 1. The zero-order valence-corrected chi connectivity index (χ0v) is 21.1. The van der Waals surface area contributed by atoms with Gasteiger partial charge in [0.1, 0.15) is 5.01 Å². The normalized spacial score (nSPS) is 15.7. The first-order chi connectivity index (χ1) is 17.7. The highest BCUT2D eigenvalue weighted by molar-refractivity contribution is 7.15. The SMILES string of the molecule is Cc1cnc(-c2cc(C(=O)N[C@H](C)c3cnc(C(F)(F)F)nc3)cc3nn(CC4CCOCC4)cc23)s1. The third-order valence-electron chi connectivity index (χ3n) is 6.35. The number of carbonyl (C=O) groups is 1. The molecule has 1 aliphatic rings. The molecule has 0 bridgehead atoms. The van der Waals surface area contributed by atoms with E-state index in [-0.39, 0.29) is 5.91 Å². The summed E-state index contributed by atoms with van der Waals surface area (Å²) in [6.45, 7) is 5.90. The molecular formula is C25H25F3N6O2S. The number of hydrogen-bond donors (Lipinski definition) is 1. The minimum atomic E-state index is -4.63. The second-order valence-corrected chi connectivity index (χ2v) is 10.4. The molecule has 1 saturated heterocycles. The number of alkyl halides is 3.